The van der Waals surface area contributed by atoms with Gasteiger partial charge in [0.25, 0.3) is 0 Å². The Hall–Kier alpha value is -3.01. The molecule has 1 fully saturated rings. The van der Waals surface area contributed by atoms with E-state index in [2.05, 4.69) is 62.0 Å². The van der Waals surface area contributed by atoms with E-state index in [-0.39, 0.29) is 22.7 Å². The maximum absolute atomic E-state index is 14.1. The number of imidazole rings is 1. The number of nitrogens with one attached hydrogen (secondary N) is 1. The van der Waals surface area contributed by atoms with Crippen LogP contribution in [0.5, 0.6) is 0 Å². The molecule has 9 heteroatoms. The van der Waals surface area contributed by atoms with Gasteiger partial charge in [-0.3, -0.25) is 4.57 Å². The van der Waals surface area contributed by atoms with Crippen molar-refractivity contribution in [1.29, 1.82) is 0 Å². The number of pyridine rings is 2. The number of rotatable bonds is 6. The minimum atomic E-state index is -1.99. The Balaban J connectivity index is 1.42. The van der Waals surface area contributed by atoms with Crippen molar-refractivity contribution in [3.8, 4) is 11.1 Å². The number of allylic oxidation sites excluding steroid dienone is 2. The quantitative estimate of drug-likeness (QED) is 0.292. The molecule has 0 aromatic carbocycles. The van der Waals surface area contributed by atoms with Crippen molar-refractivity contribution in [2.45, 2.75) is 77.2 Å². The highest BCUT2D eigenvalue weighted by molar-refractivity contribution is 6.74. The normalized spacial score (nSPS) is 20.7. The van der Waals surface area contributed by atoms with E-state index in [1.807, 2.05) is 33.8 Å². The summed E-state index contributed by atoms with van der Waals surface area (Å²) in [7, 11) is -1.99. The Bertz CT molecular complexity index is 1610. The van der Waals surface area contributed by atoms with Crippen LogP contribution in [0.25, 0.3) is 39.0 Å². The standard InChI is InChI=1S/C30H39N5O3Si/c1-30(2,3)39(4,5)38-26-19-37-18-23(26)17-34-25-14-22(21-13-20-11-12-31-27(20)32-15-21)16-33-28(25)35(29(34)36)24-9-7-6-8-10-24/h9,11-16,23,26H,6-8,10,17-19H2,1-5H3,(H,31,32)/t23-,26-/m0/s1. The Morgan fingerprint density at radius 3 is 2.69 bits per heavy atom. The van der Waals surface area contributed by atoms with E-state index < -0.39 is 8.32 Å². The van der Waals surface area contributed by atoms with Gasteiger partial charge in [0.05, 0.1) is 24.8 Å². The molecule has 1 aliphatic heterocycles. The van der Waals surface area contributed by atoms with Crippen molar-refractivity contribution < 1.29 is 9.16 Å². The van der Waals surface area contributed by atoms with E-state index in [1.54, 1.807) is 0 Å². The summed E-state index contributed by atoms with van der Waals surface area (Å²) in [6.07, 6.45) is 11.9. The molecule has 4 aromatic heterocycles. The fourth-order valence-corrected chi connectivity index (χ4v) is 6.89. The summed E-state index contributed by atoms with van der Waals surface area (Å²) < 4.78 is 16.5. The Morgan fingerprint density at radius 2 is 1.92 bits per heavy atom. The van der Waals surface area contributed by atoms with Gasteiger partial charge in [0.2, 0.25) is 0 Å². The van der Waals surface area contributed by atoms with E-state index in [0.717, 1.165) is 59.1 Å². The predicted octanol–water partition coefficient (Wildman–Crippen LogP) is 6.19. The van der Waals surface area contributed by atoms with Gasteiger partial charge in [-0.1, -0.05) is 26.8 Å². The van der Waals surface area contributed by atoms with E-state index in [1.165, 1.54) is 0 Å². The van der Waals surface area contributed by atoms with Crippen LogP contribution in [0.2, 0.25) is 18.1 Å². The number of fused-ring (bicyclic) bond motifs is 2. The topological polar surface area (TPSA) is 87.0 Å². The zero-order valence-corrected chi connectivity index (χ0v) is 24.7. The molecule has 0 unspecified atom stereocenters. The summed E-state index contributed by atoms with van der Waals surface area (Å²) in [5.74, 6) is 0.0951. The molecule has 0 spiro atoms. The average molecular weight is 546 g/mol. The summed E-state index contributed by atoms with van der Waals surface area (Å²) in [5, 5.41) is 1.15. The minimum absolute atomic E-state index is 0.0265. The van der Waals surface area contributed by atoms with E-state index in [9.17, 15) is 4.79 Å². The minimum Gasteiger partial charge on any atom is -0.411 e. The molecule has 5 heterocycles. The molecule has 8 nitrogen and oxygen atoms in total. The molecule has 2 aliphatic rings. The van der Waals surface area contributed by atoms with Crippen molar-refractivity contribution in [3.05, 3.63) is 53.3 Å². The first-order valence-electron chi connectivity index (χ1n) is 14.1. The van der Waals surface area contributed by atoms with Crippen LogP contribution in [0.1, 0.15) is 46.5 Å². The van der Waals surface area contributed by atoms with Gasteiger partial charge in [0.1, 0.15) is 5.65 Å². The molecule has 0 saturated carbocycles. The molecule has 1 N–H and O–H groups in total. The Morgan fingerprint density at radius 1 is 1.13 bits per heavy atom. The van der Waals surface area contributed by atoms with Crippen molar-refractivity contribution >= 4 is 36.2 Å². The fraction of sp³-hybridized carbons (Fsp3) is 0.500. The van der Waals surface area contributed by atoms with Crippen LogP contribution >= 0.6 is 0 Å². The first-order chi connectivity index (χ1) is 18.6. The molecule has 0 radical (unpaired) electrons. The third-order valence-corrected chi connectivity index (χ3v) is 13.4. The third kappa shape index (κ3) is 4.81. The number of hydrogen-bond donors (Lipinski definition) is 1. The van der Waals surface area contributed by atoms with Gasteiger partial charge in [-0.2, -0.15) is 0 Å². The lowest BCUT2D eigenvalue weighted by atomic mass is 10.0. The highest BCUT2D eigenvalue weighted by atomic mass is 28.4. The Labute approximate surface area is 230 Å². The maximum atomic E-state index is 14.1. The largest absolute Gasteiger partial charge is 0.411 e. The molecule has 4 aromatic rings. The van der Waals surface area contributed by atoms with E-state index >= 15 is 0 Å². The van der Waals surface area contributed by atoms with Crippen molar-refractivity contribution in [2.75, 3.05) is 13.2 Å². The number of aromatic nitrogens is 5. The van der Waals surface area contributed by atoms with Gasteiger partial charge in [-0.05, 0) is 62.0 Å². The molecule has 0 bridgehead atoms. The first-order valence-corrected chi connectivity index (χ1v) is 17.0. The summed E-state index contributed by atoms with van der Waals surface area (Å²) >= 11 is 0. The molecular weight excluding hydrogens is 506 g/mol. The van der Waals surface area contributed by atoms with Gasteiger partial charge >= 0.3 is 5.69 Å². The van der Waals surface area contributed by atoms with Gasteiger partial charge < -0.3 is 14.1 Å². The van der Waals surface area contributed by atoms with Crippen LogP contribution in [0.3, 0.4) is 0 Å². The number of aromatic amines is 1. The molecule has 6 rings (SSSR count). The number of nitrogens with zero attached hydrogens (tertiary/aromatic N) is 4. The Kier molecular flexibility index (Phi) is 6.64. The van der Waals surface area contributed by atoms with Crippen LogP contribution in [0.15, 0.2) is 47.7 Å². The van der Waals surface area contributed by atoms with E-state index in [4.69, 9.17) is 14.1 Å². The first kappa shape index (κ1) is 26.2. The van der Waals surface area contributed by atoms with E-state index in [0.29, 0.717) is 25.4 Å². The third-order valence-electron chi connectivity index (χ3n) is 8.87. The predicted molar refractivity (Wildman–Crippen MR) is 158 cm³/mol. The fourth-order valence-electron chi connectivity index (χ4n) is 5.52. The molecule has 206 valence electrons. The van der Waals surface area contributed by atoms with Crippen LogP contribution in [-0.2, 0) is 15.7 Å². The van der Waals surface area contributed by atoms with Crippen molar-refractivity contribution in [1.82, 2.24) is 24.1 Å². The van der Waals surface area contributed by atoms with Gasteiger partial charge in [0.15, 0.2) is 14.0 Å². The van der Waals surface area contributed by atoms with Crippen molar-refractivity contribution in [2.24, 2.45) is 5.92 Å². The molecule has 1 aliphatic carbocycles. The zero-order chi connectivity index (χ0) is 27.4. The summed E-state index contributed by atoms with van der Waals surface area (Å²) in [4.78, 5) is 26.7. The van der Waals surface area contributed by atoms with Crippen LogP contribution < -0.4 is 5.69 Å². The maximum Gasteiger partial charge on any atom is 0.334 e. The SMILES string of the molecule is CC(C)(C)[Si](C)(C)O[C@H]1COC[C@@H]1Cn1c(=O)n(C2=CCCCC2)c2ncc(-c3cnc4[nH]ccc4c3)cc21. The second kappa shape index (κ2) is 9.87. The summed E-state index contributed by atoms with van der Waals surface area (Å²) in [6.45, 7) is 13.0. The van der Waals surface area contributed by atoms with Gasteiger partial charge in [-0.25, -0.2) is 19.3 Å². The molecule has 1 saturated heterocycles. The number of ether oxygens (including phenoxy) is 1. The zero-order valence-electron chi connectivity index (χ0n) is 23.7. The molecule has 2 atom stereocenters. The van der Waals surface area contributed by atoms with Crippen LogP contribution in [0.4, 0.5) is 0 Å². The molecule has 0 amide bonds. The monoisotopic (exact) mass is 545 g/mol. The van der Waals surface area contributed by atoms with Crippen LogP contribution in [-0.4, -0.2) is 51.7 Å². The highest BCUT2D eigenvalue weighted by Gasteiger charge is 2.42. The second-order valence-electron chi connectivity index (χ2n) is 12.6. The van der Waals surface area contributed by atoms with Crippen LogP contribution in [0, 0.1) is 5.92 Å². The molecule has 39 heavy (non-hydrogen) atoms. The van der Waals surface area contributed by atoms with Gasteiger partial charge in [0, 0.05) is 53.3 Å². The second-order valence-corrected chi connectivity index (χ2v) is 17.3. The number of H-pyrrole nitrogens is 1. The lowest BCUT2D eigenvalue weighted by Gasteiger charge is -2.39. The average Bonchev–Trinajstić information content (AvgIpc) is 3.61. The highest BCUT2D eigenvalue weighted by Crippen LogP contribution is 2.39. The molecular formula is C30H39N5O3Si. The number of hydrogen-bond acceptors (Lipinski definition) is 5. The summed E-state index contributed by atoms with van der Waals surface area (Å²) in [5.41, 5.74) is 5.36. The van der Waals surface area contributed by atoms with Gasteiger partial charge in [-0.15, -0.1) is 0 Å². The lowest BCUT2D eigenvalue weighted by Crippen LogP contribution is -2.46. The summed E-state index contributed by atoms with van der Waals surface area (Å²) in [6, 6.07) is 6.22. The lowest BCUT2D eigenvalue weighted by molar-refractivity contribution is 0.122. The smallest absolute Gasteiger partial charge is 0.334 e. The van der Waals surface area contributed by atoms with Crippen molar-refractivity contribution in [3.63, 3.8) is 0 Å².